The van der Waals surface area contributed by atoms with E-state index in [4.69, 9.17) is 13.8 Å². The summed E-state index contributed by atoms with van der Waals surface area (Å²) < 4.78 is 12.1. The van der Waals surface area contributed by atoms with Crippen LogP contribution in [0, 0.1) is 0 Å². The van der Waals surface area contributed by atoms with E-state index in [1.54, 1.807) is 24.5 Å². The van der Waals surface area contributed by atoms with Gasteiger partial charge in [0, 0.05) is 57.6 Å². The fraction of sp³-hybridized carbons (Fsp3) is 0.480. The monoisotopic (exact) mass is 477 g/mol. The van der Waals surface area contributed by atoms with E-state index < -0.39 is 0 Å². The number of carbonyl (C=O) groups is 1. The maximum Gasteiger partial charge on any atom is 0.298 e. The van der Waals surface area contributed by atoms with Gasteiger partial charge in [0.1, 0.15) is 17.2 Å². The number of aromatic nitrogens is 3. The smallest absolute Gasteiger partial charge is 0.298 e. The summed E-state index contributed by atoms with van der Waals surface area (Å²) in [5, 5.41) is 9.92. The van der Waals surface area contributed by atoms with Crippen molar-refractivity contribution in [2.75, 3.05) is 51.2 Å². The topological polar surface area (TPSA) is 107 Å². The number of anilines is 1. The Morgan fingerprint density at radius 3 is 2.66 bits per heavy atom. The van der Waals surface area contributed by atoms with Crippen molar-refractivity contribution in [1.29, 1.82) is 0 Å². The highest BCUT2D eigenvalue weighted by Gasteiger charge is 2.32. The van der Waals surface area contributed by atoms with Gasteiger partial charge in [0.15, 0.2) is 5.76 Å². The molecule has 0 spiro atoms. The molecule has 2 saturated heterocycles. The molecule has 3 aromatic heterocycles. The number of likely N-dealkylation sites (N-methyl/N-ethyl adjacent to an activating group) is 1. The summed E-state index contributed by atoms with van der Waals surface area (Å²) in [6, 6.07) is 3.97. The second-order valence-electron chi connectivity index (χ2n) is 9.59. The Hall–Kier alpha value is -3.53. The minimum atomic E-state index is -0.241. The molecular weight excluding hydrogens is 446 g/mol. The Bertz CT molecular complexity index is 1200. The van der Waals surface area contributed by atoms with Gasteiger partial charge in [0.05, 0.1) is 17.8 Å². The van der Waals surface area contributed by atoms with Crippen molar-refractivity contribution in [3.8, 4) is 11.3 Å². The average Bonchev–Trinajstić information content (AvgIpc) is 3.65. The molecule has 1 amide bonds. The van der Waals surface area contributed by atoms with Crippen molar-refractivity contribution in [2.45, 2.75) is 31.7 Å². The van der Waals surface area contributed by atoms with E-state index >= 15 is 0 Å². The van der Waals surface area contributed by atoms with Crippen LogP contribution >= 0.6 is 0 Å². The van der Waals surface area contributed by atoms with Crippen LogP contribution in [0.1, 0.15) is 41.3 Å². The number of amides is 1. The quantitative estimate of drug-likeness (QED) is 0.578. The minimum Gasteiger partial charge on any atom is -0.451 e. The Balaban J connectivity index is 1.24. The molecule has 10 nitrogen and oxygen atoms in total. The molecule has 3 aliphatic rings. The fourth-order valence-corrected chi connectivity index (χ4v) is 5.09. The molecule has 0 radical (unpaired) electrons. The van der Waals surface area contributed by atoms with Gasteiger partial charge in [-0.25, -0.2) is 0 Å². The lowest BCUT2D eigenvalue weighted by Gasteiger charge is -2.36. The van der Waals surface area contributed by atoms with Crippen LogP contribution in [0.5, 0.6) is 0 Å². The number of nitrogens with zero attached hydrogens (tertiary/aromatic N) is 5. The number of fused-ring (bicyclic) bond motifs is 1. The first-order chi connectivity index (χ1) is 17.1. The number of piperazine rings is 1. The van der Waals surface area contributed by atoms with Crippen LogP contribution in [0.4, 0.5) is 6.01 Å². The van der Waals surface area contributed by atoms with Gasteiger partial charge in [-0.15, -0.1) is 0 Å². The molecule has 5 heterocycles. The van der Waals surface area contributed by atoms with E-state index in [1.165, 1.54) is 6.42 Å². The number of carbonyl (C=O) groups excluding carboxylic acids is 1. The van der Waals surface area contributed by atoms with Gasteiger partial charge < -0.3 is 28.9 Å². The molecule has 0 aromatic carbocycles. The third-order valence-corrected chi connectivity index (χ3v) is 7.16. The summed E-state index contributed by atoms with van der Waals surface area (Å²) in [6.07, 6.45) is 9.64. The van der Waals surface area contributed by atoms with Gasteiger partial charge in [0.2, 0.25) is 0 Å². The number of hydrogen-bond acceptors (Lipinski definition) is 8. The van der Waals surface area contributed by atoms with E-state index in [1.807, 2.05) is 0 Å². The van der Waals surface area contributed by atoms with Crippen LogP contribution in [0.15, 0.2) is 39.1 Å². The number of furan rings is 1. The predicted octanol–water partition coefficient (Wildman–Crippen LogP) is 2.59. The van der Waals surface area contributed by atoms with Gasteiger partial charge in [0.25, 0.3) is 11.9 Å². The summed E-state index contributed by atoms with van der Waals surface area (Å²) in [5.41, 5.74) is 2.79. The molecule has 35 heavy (non-hydrogen) atoms. The van der Waals surface area contributed by atoms with Crippen LogP contribution in [-0.2, 0) is 6.42 Å². The summed E-state index contributed by atoms with van der Waals surface area (Å²) in [5.74, 6) is 1.47. The Labute approximate surface area is 204 Å². The van der Waals surface area contributed by atoms with Crippen LogP contribution in [0.3, 0.4) is 0 Å². The van der Waals surface area contributed by atoms with Gasteiger partial charge in [-0.3, -0.25) is 9.89 Å². The van der Waals surface area contributed by atoms with E-state index in [0.29, 0.717) is 18.2 Å². The molecule has 10 heteroatoms. The molecule has 3 aromatic rings. The standard InChI is InChI=1S/C25H31N7O3/c1-30-9-11-32(12-10-30)25-29-19-13-20(31-7-3-2-4-8-31)18(14-23(19)35-25)28-24(33)22-6-5-21(34-22)17-15-26-27-16-17/h5-6,13,15-16,18H,2-4,7-12,14H2,1H3,(H,26,27)(H,28,33). The maximum absolute atomic E-state index is 13.2. The molecule has 0 bridgehead atoms. The first-order valence-electron chi connectivity index (χ1n) is 12.4. The number of nitrogens with one attached hydrogen (secondary N) is 2. The molecule has 1 unspecified atom stereocenters. The first-order valence-corrected chi connectivity index (χ1v) is 12.4. The lowest BCUT2D eigenvalue weighted by molar-refractivity contribution is 0.0907. The predicted molar refractivity (Wildman–Crippen MR) is 131 cm³/mol. The van der Waals surface area contributed by atoms with Crippen molar-refractivity contribution >= 4 is 18.0 Å². The van der Waals surface area contributed by atoms with E-state index in [9.17, 15) is 4.79 Å². The Kier molecular flexibility index (Phi) is 5.81. The van der Waals surface area contributed by atoms with Crippen LogP contribution < -0.4 is 10.2 Å². The van der Waals surface area contributed by atoms with Gasteiger partial charge in [-0.1, -0.05) is 0 Å². The van der Waals surface area contributed by atoms with Crippen molar-refractivity contribution in [3.63, 3.8) is 0 Å². The van der Waals surface area contributed by atoms with Crippen molar-refractivity contribution in [3.05, 3.63) is 47.4 Å². The number of piperidine rings is 1. The van der Waals surface area contributed by atoms with Crippen molar-refractivity contribution in [2.24, 2.45) is 0 Å². The van der Waals surface area contributed by atoms with Gasteiger partial charge in [-0.2, -0.15) is 10.1 Å². The van der Waals surface area contributed by atoms with Crippen molar-refractivity contribution in [1.82, 2.24) is 30.3 Å². The zero-order chi connectivity index (χ0) is 23.8. The second-order valence-corrected chi connectivity index (χ2v) is 9.59. The SMILES string of the molecule is CN1CCN(c2nc3c(o2)CC(NC(=O)c2ccc(-c4cn[nH]c4)o2)C(N2CCCCC2)=C3)CC1. The lowest BCUT2D eigenvalue weighted by Crippen LogP contribution is -2.45. The molecule has 2 N–H and O–H groups in total. The third-order valence-electron chi connectivity index (χ3n) is 7.16. The Morgan fingerprint density at radius 2 is 1.89 bits per heavy atom. The third kappa shape index (κ3) is 4.45. The zero-order valence-electron chi connectivity index (χ0n) is 20.0. The molecule has 184 valence electrons. The maximum atomic E-state index is 13.2. The molecular formula is C25H31N7O3. The van der Waals surface area contributed by atoms with Crippen molar-refractivity contribution < 1.29 is 13.6 Å². The van der Waals surface area contributed by atoms with Crippen LogP contribution in [0.2, 0.25) is 0 Å². The van der Waals surface area contributed by atoms with Gasteiger partial charge >= 0.3 is 0 Å². The molecule has 1 aliphatic carbocycles. The first kappa shape index (κ1) is 22.0. The largest absolute Gasteiger partial charge is 0.451 e. The number of oxazole rings is 1. The Morgan fingerprint density at radius 1 is 1.06 bits per heavy atom. The van der Waals surface area contributed by atoms with E-state index in [-0.39, 0.29) is 17.7 Å². The van der Waals surface area contributed by atoms with Crippen LogP contribution in [0.25, 0.3) is 17.4 Å². The molecule has 2 fully saturated rings. The normalized spacial score (nSPS) is 21.1. The lowest BCUT2D eigenvalue weighted by atomic mass is 9.97. The number of rotatable bonds is 5. The molecule has 1 atom stereocenters. The number of hydrogen-bond donors (Lipinski definition) is 2. The minimum absolute atomic E-state index is 0.205. The highest BCUT2D eigenvalue weighted by Crippen LogP contribution is 2.32. The van der Waals surface area contributed by atoms with E-state index in [2.05, 4.69) is 43.3 Å². The molecule has 2 aliphatic heterocycles. The molecule has 0 saturated carbocycles. The summed E-state index contributed by atoms with van der Waals surface area (Å²) in [4.78, 5) is 24.9. The summed E-state index contributed by atoms with van der Waals surface area (Å²) >= 11 is 0. The number of H-pyrrole nitrogens is 1. The number of likely N-dealkylation sites (tertiary alicyclic amines) is 1. The number of aromatic amines is 1. The highest BCUT2D eigenvalue weighted by molar-refractivity contribution is 5.92. The van der Waals surface area contributed by atoms with Gasteiger partial charge in [-0.05, 0) is 44.5 Å². The van der Waals surface area contributed by atoms with Crippen LogP contribution in [-0.4, -0.2) is 83.2 Å². The highest BCUT2D eigenvalue weighted by atomic mass is 16.4. The zero-order valence-corrected chi connectivity index (χ0v) is 20.0. The van der Waals surface area contributed by atoms with E-state index in [0.717, 1.165) is 74.8 Å². The fourth-order valence-electron chi connectivity index (χ4n) is 5.09. The average molecular weight is 478 g/mol. The summed E-state index contributed by atoms with van der Waals surface area (Å²) in [7, 11) is 2.13. The molecule has 6 rings (SSSR count). The second kappa shape index (κ2) is 9.26. The summed E-state index contributed by atoms with van der Waals surface area (Å²) in [6.45, 7) is 5.76.